The number of ether oxygens (including phenoxy) is 1. The van der Waals surface area contributed by atoms with Crippen molar-refractivity contribution in [2.24, 2.45) is 5.92 Å². The van der Waals surface area contributed by atoms with E-state index in [0.29, 0.717) is 18.8 Å². The average molecular weight is 382 g/mol. The van der Waals surface area contributed by atoms with Gasteiger partial charge in [-0.05, 0) is 23.9 Å². The lowest BCUT2D eigenvalue weighted by atomic mass is 10.1. The van der Waals surface area contributed by atoms with Crippen molar-refractivity contribution in [3.8, 4) is 0 Å². The molecule has 0 fully saturated rings. The number of thiophene rings is 1. The minimum absolute atomic E-state index is 0.00292. The number of hydrogen-bond donors (Lipinski definition) is 1. The molecule has 1 atom stereocenters. The first kappa shape index (κ1) is 20.7. The van der Waals surface area contributed by atoms with E-state index in [2.05, 4.69) is 25.7 Å². The highest BCUT2D eigenvalue weighted by atomic mass is 32.1. The zero-order valence-corrected chi connectivity index (χ0v) is 16.8. The Hall–Kier alpha value is -2.59. The van der Waals surface area contributed by atoms with Crippen molar-refractivity contribution in [3.63, 3.8) is 0 Å². The molecule has 0 bridgehead atoms. The first-order valence-corrected chi connectivity index (χ1v) is 10.0. The Morgan fingerprint density at radius 3 is 2.70 bits per heavy atom. The van der Waals surface area contributed by atoms with Crippen LogP contribution in [0.2, 0.25) is 0 Å². The molecule has 0 saturated heterocycles. The number of carbonyl (C=O) groups excluding carboxylic acids is 1. The van der Waals surface area contributed by atoms with Crippen molar-refractivity contribution in [1.29, 1.82) is 0 Å². The van der Waals surface area contributed by atoms with Gasteiger partial charge in [0.2, 0.25) is 5.91 Å². The normalized spacial score (nSPS) is 12.7. The molecule has 0 aliphatic heterocycles. The van der Waals surface area contributed by atoms with E-state index in [4.69, 9.17) is 4.74 Å². The topological polar surface area (TPSA) is 38.3 Å². The number of benzene rings is 1. The van der Waals surface area contributed by atoms with Crippen molar-refractivity contribution < 1.29 is 9.53 Å². The van der Waals surface area contributed by atoms with Gasteiger partial charge in [0.05, 0.1) is 13.0 Å². The molecule has 0 radical (unpaired) electrons. The van der Waals surface area contributed by atoms with Gasteiger partial charge in [-0.3, -0.25) is 4.79 Å². The molecule has 1 aromatic carbocycles. The average Bonchev–Trinajstić information content (AvgIpc) is 3.18. The van der Waals surface area contributed by atoms with Crippen LogP contribution in [0.5, 0.6) is 0 Å². The summed E-state index contributed by atoms with van der Waals surface area (Å²) in [5, 5.41) is 4.97. The summed E-state index contributed by atoms with van der Waals surface area (Å²) >= 11 is 1.59. The Morgan fingerprint density at radius 2 is 2.04 bits per heavy atom. The van der Waals surface area contributed by atoms with E-state index in [-0.39, 0.29) is 11.8 Å². The fraction of sp³-hybridized carbons (Fsp3) is 0.261. The molecule has 1 N–H and O–H groups in total. The second-order valence-corrected chi connectivity index (χ2v) is 7.34. The van der Waals surface area contributed by atoms with Crippen LogP contribution in [-0.4, -0.2) is 12.5 Å². The van der Waals surface area contributed by atoms with Gasteiger partial charge in [0, 0.05) is 22.1 Å². The lowest BCUT2D eigenvalue weighted by Gasteiger charge is -2.12. The third-order valence-corrected chi connectivity index (χ3v) is 4.72. The fourth-order valence-corrected chi connectivity index (χ4v) is 3.12. The van der Waals surface area contributed by atoms with Gasteiger partial charge in [0.15, 0.2) is 0 Å². The summed E-state index contributed by atoms with van der Waals surface area (Å²) in [6.45, 7) is 8.64. The SMILES string of the molecule is C=C(OCC(C)/C=C\C(=C/CC)NC(=O)Cc1cccs1)c1ccccc1. The highest BCUT2D eigenvalue weighted by Crippen LogP contribution is 2.15. The summed E-state index contributed by atoms with van der Waals surface area (Å²) in [6, 6.07) is 13.8. The van der Waals surface area contributed by atoms with Crippen molar-refractivity contribution in [1.82, 2.24) is 5.32 Å². The Labute approximate surface area is 166 Å². The maximum atomic E-state index is 12.2. The van der Waals surface area contributed by atoms with Crippen LogP contribution < -0.4 is 5.32 Å². The molecular formula is C23H27NO2S. The molecule has 4 heteroatoms. The van der Waals surface area contributed by atoms with E-state index in [1.807, 2.05) is 66.1 Å². The molecule has 3 nitrogen and oxygen atoms in total. The van der Waals surface area contributed by atoms with Crippen LogP contribution >= 0.6 is 11.3 Å². The molecule has 1 unspecified atom stereocenters. The quantitative estimate of drug-likeness (QED) is 0.431. The number of hydrogen-bond acceptors (Lipinski definition) is 3. The Bertz CT molecular complexity index is 776. The van der Waals surface area contributed by atoms with E-state index in [1.54, 1.807) is 11.3 Å². The van der Waals surface area contributed by atoms with Crippen LogP contribution in [-0.2, 0) is 16.0 Å². The van der Waals surface area contributed by atoms with Crippen molar-refractivity contribution in [3.05, 3.63) is 88.8 Å². The smallest absolute Gasteiger partial charge is 0.229 e. The monoisotopic (exact) mass is 381 g/mol. The van der Waals surface area contributed by atoms with Gasteiger partial charge < -0.3 is 10.1 Å². The van der Waals surface area contributed by atoms with Crippen LogP contribution in [0.25, 0.3) is 5.76 Å². The van der Waals surface area contributed by atoms with Gasteiger partial charge >= 0.3 is 0 Å². The van der Waals surface area contributed by atoms with Crippen LogP contribution in [0, 0.1) is 5.92 Å². The standard InChI is InChI=1S/C23H27NO2S/c1-4-9-21(24-23(25)16-22-12-8-15-27-22)14-13-18(2)17-26-19(3)20-10-6-5-7-11-20/h5-15,18H,3-4,16-17H2,1-2H3,(H,24,25)/b14-13-,21-9+. The zero-order chi connectivity index (χ0) is 19.5. The fourth-order valence-electron chi connectivity index (χ4n) is 2.42. The van der Waals surface area contributed by atoms with Gasteiger partial charge in [-0.15, -0.1) is 11.3 Å². The number of nitrogens with one attached hydrogen (secondary N) is 1. The number of carbonyl (C=O) groups is 1. The molecule has 2 aromatic rings. The third-order valence-electron chi connectivity index (χ3n) is 3.84. The van der Waals surface area contributed by atoms with Gasteiger partial charge in [-0.25, -0.2) is 0 Å². The minimum atomic E-state index is 0.00292. The maximum Gasteiger partial charge on any atom is 0.229 e. The Kier molecular flexibility index (Phi) is 8.59. The van der Waals surface area contributed by atoms with Gasteiger partial charge in [0.25, 0.3) is 0 Å². The molecule has 0 aliphatic rings. The number of rotatable bonds is 10. The molecule has 1 heterocycles. The summed E-state index contributed by atoms with van der Waals surface area (Å²) in [6.07, 6.45) is 7.27. The van der Waals surface area contributed by atoms with E-state index < -0.39 is 0 Å². The Morgan fingerprint density at radius 1 is 1.26 bits per heavy atom. The lowest BCUT2D eigenvalue weighted by molar-refractivity contribution is -0.119. The molecule has 2 rings (SSSR count). The molecule has 1 aromatic heterocycles. The second kappa shape index (κ2) is 11.2. The summed E-state index contributed by atoms with van der Waals surface area (Å²) in [4.78, 5) is 13.3. The largest absolute Gasteiger partial charge is 0.493 e. The van der Waals surface area contributed by atoms with Crippen molar-refractivity contribution in [2.75, 3.05) is 6.61 Å². The first-order chi connectivity index (χ1) is 13.1. The van der Waals surface area contributed by atoms with Gasteiger partial charge in [-0.2, -0.15) is 0 Å². The van der Waals surface area contributed by atoms with E-state index >= 15 is 0 Å². The molecule has 142 valence electrons. The maximum absolute atomic E-state index is 12.2. The summed E-state index contributed by atoms with van der Waals surface area (Å²) in [5.41, 5.74) is 1.81. The predicted molar refractivity (Wildman–Crippen MR) is 114 cm³/mol. The van der Waals surface area contributed by atoms with E-state index in [9.17, 15) is 4.79 Å². The predicted octanol–water partition coefficient (Wildman–Crippen LogP) is 5.58. The molecule has 27 heavy (non-hydrogen) atoms. The third kappa shape index (κ3) is 7.67. The van der Waals surface area contributed by atoms with Crippen LogP contribution in [0.3, 0.4) is 0 Å². The molecule has 0 saturated carbocycles. The van der Waals surface area contributed by atoms with Crippen LogP contribution in [0.1, 0.15) is 30.7 Å². The zero-order valence-electron chi connectivity index (χ0n) is 16.0. The second-order valence-electron chi connectivity index (χ2n) is 6.31. The van der Waals surface area contributed by atoms with E-state index in [0.717, 1.165) is 22.6 Å². The van der Waals surface area contributed by atoms with Crippen molar-refractivity contribution >= 4 is 23.0 Å². The van der Waals surface area contributed by atoms with Gasteiger partial charge in [0.1, 0.15) is 5.76 Å². The van der Waals surface area contributed by atoms with Crippen LogP contribution in [0.4, 0.5) is 0 Å². The van der Waals surface area contributed by atoms with Crippen molar-refractivity contribution in [2.45, 2.75) is 26.7 Å². The van der Waals surface area contributed by atoms with E-state index in [1.165, 1.54) is 0 Å². The summed E-state index contributed by atoms with van der Waals surface area (Å²) in [7, 11) is 0. The van der Waals surface area contributed by atoms with Crippen LogP contribution in [0.15, 0.2) is 78.3 Å². The highest BCUT2D eigenvalue weighted by Gasteiger charge is 2.06. The molecule has 1 amide bonds. The molecule has 0 aliphatic carbocycles. The summed E-state index contributed by atoms with van der Waals surface area (Å²) < 4.78 is 5.78. The molecular weight excluding hydrogens is 354 g/mol. The Balaban J connectivity index is 1.83. The number of amides is 1. The first-order valence-electron chi connectivity index (χ1n) is 9.16. The molecule has 0 spiro atoms. The summed E-state index contributed by atoms with van der Waals surface area (Å²) in [5.74, 6) is 0.868. The lowest BCUT2D eigenvalue weighted by Crippen LogP contribution is -2.23. The van der Waals surface area contributed by atoms with Gasteiger partial charge in [-0.1, -0.05) is 69.0 Å². The highest BCUT2D eigenvalue weighted by molar-refractivity contribution is 7.10. The minimum Gasteiger partial charge on any atom is -0.493 e. The number of allylic oxidation sites excluding steroid dienone is 2.